The van der Waals surface area contributed by atoms with Crippen LogP contribution in [0.25, 0.3) is 0 Å². The van der Waals surface area contributed by atoms with Gasteiger partial charge in [0.2, 0.25) is 0 Å². The van der Waals surface area contributed by atoms with Crippen LogP contribution in [0.5, 0.6) is 0 Å². The van der Waals surface area contributed by atoms with Crippen LogP contribution in [-0.4, -0.2) is 36.6 Å². The molecule has 1 aliphatic heterocycles. The van der Waals surface area contributed by atoms with Crippen molar-refractivity contribution in [1.82, 2.24) is 4.90 Å². The number of hydrogen-bond donors (Lipinski definition) is 1. The van der Waals surface area contributed by atoms with Gasteiger partial charge in [-0.3, -0.25) is 4.79 Å². The third-order valence-electron chi connectivity index (χ3n) is 3.40. The fraction of sp³-hybridized carbons (Fsp3) is 0.500. The Balaban J connectivity index is 2.13. The number of amides is 1. The number of nitrogens with two attached hydrogens (primary N) is 1. The molecule has 1 amide bonds. The van der Waals surface area contributed by atoms with Crippen LogP contribution in [0.15, 0.2) is 24.3 Å². The number of morpholine rings is 1. The van der Waals surface area contributed by atoms with Gasteiger partial charge in [0, 0.05) is 18.7 Å². The second-order valence-electron chi connectivity index (χ2n) is 4.54. The molecule has 1 unspecified atom stereocenters. The fourth-order valence-corrected chi connectivity index (χ4v) is 2.21. The molecule has 4 nitrogen and oxygen atoms in total. The number of carbonyl (C=O) groups is 1. The minimum Gasteiger partial charge on any atom is -0.377 e. The average molecular weight is 248 g/mol. The number of rotatable bonds is 3. The van der Waals surface area contributed by atoms with Gasteiger partial charge in [0.25, 0.3) is 5.91 Å². The van der Waals surface area contributed by atoms with Crippen LogP contribution in [0.1, 0.15) is 29.3 Å². The fourth-order valence-electron chi connectivity index (χ4n) is 2.21. The van der Waals surface area contributed by atoms with E-state index in [1.165, 1.54) is 0 Å². The van der Waals surface area contributed by atoms with Crippen LogP contribution in [0.4, 0.5) is 0 Å². The van der Waals surface area contributed by atoms with Crippen LogP contribution in [0, 0.1) is 0 Å². The van der Waals surface area contributed by atoms with Crippen LogP contribution in [-0.2, 0) is 11.3 Å². The van der Waals surface area contributed by atoms with E-state index in [1.54, 1.807) is 0 Å². The molecule has 0 saturated carbocycles. The highest BCUT2D eigenvalue weighted by molar-refractivity contribution is 5.94. The molecule has 1 atom stereocenters. The molecular formula is C14H20N2O2. The SMILES string of the molecule is CCC1COCCN1C(=O)c1ccc(CN)cc1. The van der Waals surface area contributed by atoms with Gasteiger partial charge in [-0.25, -0.2) is 0 Å². The van der Waals surface area contributed by atoms with Gasteiger partial charge in [-0.2, -0.15) is 0 Å². The summed E-state index contributed by atoms with van der Waals surface area (Å²) in [5, 5.41) is 0. The van der Waals surface area contributed by atoms with E-state index < -0.39 is 0 Å². The maximum absolute atomic E-state index is 12.4. The van der Waals surface area contributed by atoms with Crippen molar-refractivity contribution < 1.29 is 9.53 Å². The molecule has 4 heteroatoms. The summed E-state index contributed by atoms with van der Waals surface area (Å²) in [6.07, 6.45) is 0.923. The third kappa shape index (κ3) is 2.71. The molecule has 1 saturated heterocycles. The van der Waals surface area contributed by atoms with E-state index in [0.717, 1.165) is 17.5 Å². The van der Waals surface area contributed by atoms with E-state index in [4.69, 9.17) is 10.5 Å². The Morgan fingerprint density at radius 1 is 1.44 bits per heavy atom. The van der Waals surface area contributed by atoms with Gasteiger partial charge in [0.05, 0.1) is 19.3 Å². The van der Waals surface area contributed by atoms with Gasteiger partial charge in [0.1, 0.15) is 0 Å². The Morgan fingerprint density at radius 3 is 2.78 bits per heavy atom. The summed E-state index contributed by atoms with van der Waals surface area (Å²) < 4.78 is 5.42. The number of ether oxygens (including phenoxy) is 1. The van der Waals surface area contributed by atoms with E-state index in [2.05, 4.69) is 6.92 Å². The Morgan fingerprint density at radius 2 is 2.17 bits per heavy atom. The van der Waals surface area contributed by atoms with Crippen molar-refractivity contribution >= 4 is 5.91 Å². The maximum atomic E-state index is 12.4. The quantitative estimate of drug-likeness (QED) is 0.879. The lowest BCUT2D eigenvalue weighted by molar-refractivity contribution is -0.00279. The summed E-state index contributed by atoms with van der Waals surface area (Å²) in [6, 6.07) is 7.73. The molecule has 0 aliphatic carbocycles. The zero-order chi connectivity index (χ0) is 13.0. The highest BCUT2D eigenvalue weighted by Gasteiger charge is 2.26. The van der Waals surface area contributed by atoms with Crippen molar-refractivity contribution in [3.63, 3.8) is 0 Å². The van der Waals surface area contributed by atoms with E-state index in [9.17, 15) is 4.79 Å². The molecule has 1 aromatic carbocycles. The minimum atomic E-state index is 0.0914. The molecule has 1 aliphatic rings. The first-order valence-electron chi connectivity index (χ1n) is 6.44. The molecule has 2 rings (SSSR count). The van der Waals surface area contributed by atoms with Gasteiger partial charge in [0.15, 0.2) is 0 Å². The molecule has 0 aromatic heterocycles. The predicted octanol–water partition coefficient (Wildman–Crippen LogP) is 1.40. The first kappa shape index (κ1) is 13.1. The van der Waals surface area contributed by atoms with E-state index in [1.807, 2.05) is 29.2 Å². The smallest absolute Gasteiger partial charge is 0.254 e. The Hall–Kier alpha value is -1.39. The van der Waals surface area contributed by atoms with Crippen molar-refractivity contribution in [1.29, 1.82) is 0 Å². The predicted molar refractivity (Wildman–Crippen MR) is 70.3 cm³/mol. The lowest BCUT2D eigenvalue weighted by Gasteiger charge is -2.35. The Labute approximate surface area is 108 Å². The summed E-state index contributed by atoms with van der Waals surface area (Å²) in [7, 11) is 0. The van der Waals surface area contributed by atoms with E-state index in [0.29, 0.717) is 26.3 Å². The highest BCUT2D eigenvalue weighted by Crippen LogP contribution is 2.15. The maximum Gasteiger partial charge on any atom is 0.254 e. The summed E-state index contributed by atoms with van der Waals surface area (Å²) in [5.74, 6) is 0.0914. The standard InChI is InChI=1S/C14H20N2O2/c1-2-13-10-18-8-7-16(13)14(17)12-5-3-11(9-15)4-6-12/h3-6,13H,2,7-10,15H2,1H3. The second kappa shape index (κ2) is 5.98. The van der Waals surface area contributed by atoms with Crippen molar-refractivity contribution in [2.24, 2.45) is 5.73 Å². The van der Waals surface area contributed by atoms with Gasteiger partial charge in [-0.15, -0.1) is 0 Å². The zero-order valence-corrected chi connectivity index (χ0v) is 10.8. The van der Waals surface area contributed by atoms with Crippen molar-refractivity contribution in [2.45, 2.75) is 25.9 Å². The molecule has 2 N–H and O–H groups in total. The molecule has 1 fully saturated rings. The summed E-state index contributed by atoms with van der Waals surface area (Å²) in [4.78, 5) is 14.3. The normalized spacial score (nSPS) is 19.9. The zero-order valence-electron chi connectivity index (χ0n) is 10.8. The average Bonchev–Trinajstić information content (AvgIpc) is 2.46. The van der Waals surface area contributed by atoms with Crippen LogP contribution in [0.2, 0.25) is 0 Å². The van der Waals surface area contributed by atoms with Crippen molar-refractivity contribution in [3.8, 4) is 0 Å². The number of benzene rings is 1. The number of nitrogens with zero attached hydrogens (tertiary/aromatic N) is 1. The third-order valence-corrected chi connectivity index (χ3v) is 3.40. The molecule has 18 heavy (non-hydrogen) atoms. The molecule has 0 bridgehead atoms. The monoisotopic (exact) mass is 248 g/mol. The van der Waals surface area contributed by atoms with Crippen molar-refractivity contribution in [2.75, 3.05) is 19.8 Å². The van der Waals surface area contributed by atoms with Crippen LogP contribution in [0.3, 0.4) is 0 Å². The molecule has 0 spiro atoms. The molecular weight excluding hydrogens is 228 g/mol. The molecule has 1 heterocycles. The van der Waals surface area contributed by atoms with Crippen molar-refractivity contribution in [3.05, 3.63) is 35.4 Å². The van der Waals surface area contributed by atoms with E-state index >= 15 is 0 Å². The molecule has 98 valence electrons. The van der Waals surface area contributed by atoms with E-state index in [-0.39, 0.29) is 11.9 Å². The largest absolute Gasteiger partial charge is 0.377 e. The summed E-state index contributed by atoms with van der Waals surface area (Å²) >= 11 is 0. The Bertz CT molecular complexity index is 403. The topological polar surface area (TPSA) is 55.6 Å². The van der Waals surface area contributed by atoms with Crippen LogP contribution < -0.4 is 5.73 Å². The molecule has 1 aromatic rings. The van der Waals surface area contributed by atoms with Gasteiger partial charge < -0.3 is 15.4 Å². The second-order valence-corrected chi connectivity index (χ2v) is 4.54. The van der Waals surface area contributed by atoms with Crippen LogP contribution >= 0.6 is 0 Å². The van der Waals surface area contributed by atoms with Gasteiger partial charge >= 0.3 is 0 Å². The van der Waals surface area contributed by atoms with Gasteiger partial charge in [-0.1, -0.05) is 19.1 Å². The first-order valence-corrected chi connectivity index (χ1v) is 6.44. The summed E-state index contributed by atoms with van der Waals surface area (Å²) in [5.41, 5.74) is 7.32. The lowest BCUT2D eigenvalue weighted by atomic mass is 10.1. The highest BCUT2D eigenvalue weighted by atomic mass is 16.5. The number of carbonyl (C=O) groups excluding carboxylic acids is 1. The minimum absolute atomic E-state index is 0.0914. The molecule has 0 radical (unpaired) electrons. The number of hydrogen-bond acceptors (Lipinski definition) is 3. The summed E-state index contributed by atoms with van der Waals surface area (Å²) in [6.45, 7) is 4.53. The lowest BCUT2D eigenvalue weighted by Crippen LogP contribution is -2.48. The Kier molecular flexibility index (Phi) is 4.33. The first-order chi connectivity index (χ1) is 8.76. The van der Waals surface area contributed by atoms with Gasteiger partial charge in [-0.05, 0) is 24.1 Å².